The van der Waals surface area contributed by atoms with Gasteiger partial charge in [-0.05, 0) is 53.9 Å². The SMILES string of the molecule is C#Cc1ccc(SNC(=NCCSN)N2CCC(c3ccc(F)cc3)=N2)cc1. The number of nitrogens with one attached hydrogen (secondary N) is 1. The normalized spacial score (nSPS) is 14.0. The van der Waals surface area contributed by atoms with Gasteiger partial charge in [-0.25, -0.2) is 14.4 Å². The highest BCUT2D eigenvalue weighted by Crippen LogP contribution is 2.18. The van der Waals surface area contributed by atoms with Crippen molar-refractivity contribution in [3.05, 3.63) is 65.5 Å². The topological polar surface area (TPSA) is 66.0 Å². The second kappa shape index (κ2) is 10.2. The molecule has 2 aromatic carbocycles. The van der Waals surface area contributed by atoms with Gasteiger partial charge in [0.1, 0.15) is 5.82 Å². The van der Waals surface area contributed by atoms with Crippen molar-refractivity contribution in [2.75, 3.05) is 18.8 Å². The lowest BCUT2D eigenvalue weighted by Crippen LogP contribution is -2.33. The Bertz CT molecular complexity index is 888. The van der Waals surface area contributed by atoms with Crippen LogP contribution in [0.4, 0.5) is 4.39 Å². The van der Waals surface area contributed by atoms with Crippen molar-refractivity contribution in [3.63, 3.8) is 0 Å². The molecule has 2 aromatic rings. The van der Waals surface area contributed by atoms with Crippen molar-refractivity contribution in [1.29, 1.82) is 0 Å². The van der Waals surface area contributed by atoms with Crippen LogP contribution in [0.1, 0.15) is 17.5 Å². The molecule has 3 rings (SSSR count). The summed E-state index contributed by atoms with van der Waals surface area (Å²) >= 11 is 2.70. The van der Waals surface area contributed by atoms with Crippen LogP contribution in [0.3, 0.4) is 0 Å². The molecule has 0 spiro atoms. The Hall–Kier alpha value is -2.47. The summed E-state index contributed by atoms with van der Waals surface area (Å²) in [5.41, 5.74) is 2.66. The van der Waals surface area contributed by atoms with Crippen LogP contribution in [0.25, 0.3) is 0 Å². The predicted octanol–water partition coefficient (Wildman–Crippen LogP) is 3.48. The second-order valence-corrected chi connectivity index (χ2v) is 7.50. The van der Waals surface area contributed by atoms with E-state index in [-0.39, 0.29) is 5.82 Å². The molecule has 0 radical (unpaired) electrons. The maximum atomic E-state index is 13.2. The lowest BCUT2D eigenvalue weighted by atomic mass is 10.1. The van der Waals surface area contributed by atoms with Crippen LogP contribution < -0.4 is 9.86 Å². The van der Waals surface area contributed by atoms with Gasteiger partial charge in [0.2, 0.25) is 5.96 Å². The number of terminal acetylenes is 1. The molecule has 28 heavy (non-hydrogen) atoms. The van der Waals surface area contributed by atoms with Gasteiger partial charge in [0.15, 0.2) is 0 Å². The minimum Gasteiger partial charge on any atom is -0.295 e. The zero-order valence-corrected chi connectivity index (χ0v) is 16.8. The molecule has 1 heterocycles. The fraction of sp³-hybridized carbons (Fsp3) is 0.200. The molecule has 1 aliphatic rings. The van der Waals surface area contributed by atoms with Crippen LogP contribution in [0, 0.1) is 18.2 Å². The number of aliphatic imine (C=N–C) groups is 1. The summed E-state index contributed by atoms with van der Waals surface area (Å²) in [6.07, 6.45) is 6.16. The Balaban J connectivity index is 1.71. The molecule has 5 nitrogen and oxygen atoms in total. The molecule has 0 saturated heterocycles. The third-order valence-corrected chi connectivity index (χ3v) is 5.19. The largest absolute Gasteiger partial charge is 0.295 e. The Morgan fingerprint density at radius 2 is 2.00 bits per heavy atom. The molecule has 1 aliphatic heterocycles. The van der Waals surface area contributed by atoms with Gasteiger partial charge in [-0.15, -0.1) is 6.42 Å². The van der Waals surface area contributed by atoms with Crippen molar-refractivity contribution < 1.29 is 4.39 Å². The minimum absolute atomic E-state index is 0.255. The number of nitrogens with two attached hydrogens (primary N) is 1. The number of nitrogens with zero attached hydrogens (tertiary/aromatic N) is 3. The molecule has 0 aromatic heterocycles. The maximum Gasteiger partial charge on any atom is 0.225 e. The number of hydrazone groups is 1. The highest BCUT2D eigenvalue weighted by Gasteiger charge is 2.20. The fourth-order valence-corrected chi connectivity index (χ4v) is 3.40. The monoisotopic (exact) mass is 413 g/mol. The van der Waals surface area contributed by atoms with Crippen molar-refractivity contribution >= 4 is 35.6 Å². The summed E-state index contributed by atoms with van der Waals surface area (Å²) in [7, 11) is 0. The summed E-state index contributed by atoms with van der Waals surface area (Å²) in [6, 6.07) is 14.1. The average Bonchev–Trinajstić information content (AvgIpc) is 3.21. The first kappa shape index (κ1) is 20.3. The first-order valence-corrected chi connectivity index (χ1v) is 10.5. The van der Waals surface area contributed by atoms with Crippen LogP contribution in [0.2, 0.25) is 0 Å². The van der Waals surface area contributed by atoms with Crippen molar-refractivity contribution in [3.8, 4) is 12.3 Å². The summed E-state index contributed by atoms with van der Waals surface area (Å²) in [5, 5.41) is 12.0. The highest BCUT2D eigenvalue weighted by atomic mass is 32.2. The molecule has 0 fully saturated rings. The Kier molecular flexibility index (Phi) is 7.37. The van der Waals surface area contributed by atoms with E-state index in [0.29, 0.717) is 19.0 Å². The zero-order chi connectivity index (χ0) is 19.8. The minimum atomic E-state index is -0.255. The van der Waals surface area contributed by atoms with Crippen molar-refractivity contribution in [2.45, 2.75) is 11.3 Å². The second-order valence-electron chi connectivity index (χ2n) is 5.88. The molecule has 0 atom stereocenters. The number of hydrogen-bond acceptors (Lipinski definition) is 5. The van der Waals surface area contributed by atoms with Crippen LogP contribution in [0.5, 0.6) is 0 Å². The standard InChI is InChI=1S/C20H20FN5S2/c1-2-15-3-9-18(10-4-15)28-25-20(23-12-14-27-22)26-13-11-19(24-26)16-5-7-17(21)8-6-16/h1,3-10H,11-14,22H2,(H,23,25). The molecule has 0 bridgehead atoms. The molecule has 0 amide bonds. The van der Waals surface area contributed by atoms with Crippen LogP contribution in [-0.4, -0.2) is 35.5 Å². The summed E-state index contributed by atoms with van der Waals surface area (Å²) in [6.45, 7) is 1.28. The van der Waals surface area contributed by atoms with E-state index in [9.17, 15) is 4.39 Å². The quantitative estimate of drug-likeness (QED) is 0.250. The Labute approximate surface area is 172 Å². The number of benzene rings is 2. The number of rotatable bonds is 6. The Morgan fingerprint density at radius 1 is 1.25 bits per heavy atom. The van der Waals surface area contributed by atoms with Gasteiger partial charge in [0.25, 0.3) is 0 Å². The molecule has 0 aliphatic carbocycles. The van der Waals surface area contributed by atoms with Gasteiger partial charge >= 0.3 is 0 Å². The predicted molar refractivity (Wildman–Crippen MR) is 117 cm³/mol. The number of guanidine groups is 1. The van der Waals surface area contributed by atoms with Crippen molar-refractivity contribution in [1.82, 2.24) is 9.73 Å². The van der Waals surface area contributed by atoms with Gasteiger partial charge in [-0.1, -0.05) is 30.0 Å². The molecular weight excluding hydrogens is 393 g/mol. The molecular formula is C20H20FN5S2. The van der Waals surface area contributed by atoms with Gasteiger partial charge in [-0.2, -0.15) is 5.10 Å². The van der Waals surface area contributed by atoms with Crippen LogP contribution >= 0.6 is 23.9 Å². The first-order chi connectivity index (χ1) is 13.7. The number of halogens is 1. The van der Waals surface area contributed by atoms with E-state index < -0.39 is 0 Å². The maximum absolute atomic E-state index is 13.2. The summed E-state index contributed by atoms with van der Waals surface area (Å²) in [4.78, 5) is 5.61. The zero-order valence-electron chi connectivity index (χ0n) is 15.1. The van der Waals surface area contributed by atoms with Gasteiger partial charge in [0.05, 0.1) is 18.8 Å². The number of hydrogen-bond donors (Lipinski definition) is 2. The lowest BCUT2D eigenvalue weighted by Gasteiger charge is -2.17. The molecule has 144 valence electrons. The molecule has 3 N–H and O–H groups in total. The first-order valence-electron chi connectivity index (χ1n) is 8.66. The van der Waals surface area contributed by atoms with Gasteiger partial charge in [0, 0.05) is 22.6 Å². The lowest BCUT2D eigenvalue weighted by molar-refractivity contribution is 0.479. The average molecular weight is 414 g/mol. The summed E-state index contributed by atoms with van der Waals surface area (Å²) < 4.78 is 16.4. The Morgan fingerprint density at radius 3 is 2.68 bits per heavy atom. The van der Waals surface area contributed by atoms with Crippen molar-refractivity contribution in [2.24, 2.45) is 15.2 Å². The molecule has 8 heteroatoms. The van der Waals surface area contributed by atoms with Crippen LogP contribution in [0.15, 0.2) is 63.5 Å². The van der Waals surface area contributed by atoms with Gasteiger partial charge in [-0.3, -0.25) is 9.86 Å². The summed E-state index contributed by atoms with van der Waals surface area (Å²) in [5.74, 6) is 3.73. The highest BCUT2D eigenvalue weighted by molar-refractivity contribution is 7.98. The van der Waals surface area contributed by atoms with E-state index in [1.165, 1.54) is 36.0 Å². The molecule has 0 saturated carbocycles. The van der Waals surface area contributed by atoms with E-state index in [0.717, 1.165) is 33.9 Å². The van der Waals surface area contributed by atoms with E-state index in [1.807, 2.05) is 29.3 Å². The van der Waals surface area contributed by atoms with E-state index in [1.54, 1.807) is 12.1 Å². The van der Waals surface area contributed by atoms with E-state index in [2.05, 4.69) is 20.7 Å². The van der Waals surface area contributed by atoms with E-state index >= 15 is 0 Å². The fourth-order valence-electron chi connectivity index (χ4n) is 2.55. The van der Waals surface area contributed by atoms with Gasteiger partial charge < -0.3 is 0 Å². The van der Waals surface area contributed by atoms with Crippen LogP contribution in [-0.2, 0) is 0 Å². The smallest absolute Gasteiger partial charge is 0.225 e. The third kappa shape index (κ3) is 5.52. The molecule has 0 unspecified atom stereocenters. The van der Waals surface area contributed by atoms with E-state index in [4.69, 9.17) is 11.6 Å². The third-order valence-electron chi connectivity index (χ3n) is 3.98.